The Morgan fingerprint density at radius 1 is 1.17 bits per heavy atom. The number of rotatable bonds is 6. The molecule has 30 heavy (non-hydrogen) atoms. The first-order valence-corrected chi connectivity index (χ1v) is 11.4. The molecule has 0 aliphatic carbocycles. The van der Waals surface area contributed by atoms with E-state index in [1.807, 2.05) is 73.1 Å². The van der Waals surface area contributed by atoms with Crippen molar-refractivity contribution in [2.24, 2.45) is 0 Å². The zero-order chi connectivity index (χ0) is 20.5. The number of fused-ring (bicyclic) bond motifs is 3. The Balaban J connectivity index is 1.40. The molecule has 5 nitrogen and oxygen atoms in total. The van der Waals surface area contributed by atoms with Crippen LogP contribution in [0, 0.1) is 0 Å². The Morgan fingerprint density at radius 2 is 2.03 bits per heavy atom. The van der Waals surface area contributed by atoms with Crippen LogP contribution in [0.25, 0.3) is 26.4 Å². The highest BCUT2D eigenvalue weighted by Crippen LogP contribution is 2.30. The second-order valence-electron chi connectivity index (χ2n) is 6.78. The first-order valence-electron chi connectivity index (χ1n) is 9.67. The van der Waals surface area contributed by atoms with Crippen molar-refractivity contribution in [2.45, 2.75) is 13.5 Å². The number of carbonyl (C=O) groups excluding carboxylic acids is 1. The van der Waals surface area contributed by atoms with Crippen molar-refractivity contribution in [3.05, 3.63) is 76.6 Å². The van der Waals surface area contributed by atoms with E-state index in [9.17, 15) is 4.79 Å². The molecule has 2 aromatic carbocycles. The second kappa shape index (κ2) is 7.93. The normalized spacial score (nSPS) is 11.2. The van der Waals surface area contributed by atoms with Crippen molar-refractivity contribution >= 4 is 43.8 Å². The Labute approximate surface area is 181 Å². The number of imidazole rings is 1. The maximum atomic E-state index is 12.5. The van der Waals surface area contributed by atoms with Crippen LogP contribution in [0.2, 0.25) is 0 Å². The molecule has 0 aliphatic rings. The van der Waals surface area contributed by atoms with Gasteiger partial charge in [0.15, 0.2) is 4.96 Å². The standard InChI is InChI=1S/C23H19N3O2S2/c1-2-28-17-8-5-15(6-9-17)19-14-26-20-10-7-16(12-21(20)30-23(26)25-19)22(27)24-13-18-4-3-11-29-18/h3-12,14H,2,13H2,1H3,(H,24,27). The van der Waals surface area contributed by atoms with Gasteiger partial charge in [0.25, 0.3) is 5.91 Å². The highest BCUT2D eigenvalue weighted by atomic mass is 32.1. The summed E-state index contributed by atoms with van der Waals surface area (Å²) in [6.07, 6.45) is 2.04. The van der Waals surface area contributed by atoms with Crippen LogP contribution in [0.4, 0.5) is 0 Å². The molecule has 0 saturated carbocycles. The molecule has 0 bridgehead atoms. The van der Waals surface area contributed by atoms with Crippen LogP contribution in [0.1, 0.15) is 22.2 Å². The Bertz CT molecular complexity index is 1320. The smallest absolute Gasteiger partial charge is 0.251 e. The highest BCUT2D eigenvalue weighted by Gasteiger charge is 2.13. The van der Waals surface area contributed by atoms with E-state index in [1.54, 1.807) is 22.7 Å². The quantitative estimate of drug-likeness (QED) is 0.379. The monoisotopic (exact) mass is 433 g/mol. The number of ether oxygens (including phenoxy) is 1. The fraction of sp³-hybridized carbons (Fsp3) is 0.130. The number of nitrogens with zero attached hydrogens (tertiary/aromatic N) is 2. The molecule has 1 amide bonds. The van der Waals surface area contributed by atoms with E-state index in [1.165, 1.54) is 0 Å². The van der Waals surface area contributed by atoms with E-state index < -0.39 is 0 Å². The second-order valence-corrected chi connectivity index (χ2v) is 8.82. The maximum absolute atomic E-state index is 12.5. The van der Waals surface area contributed by atoms with Gasteiger partial charge in [-0.3, -0.25) is 9.20 Å². The van der Waals surface area contributed by atoms with Gasteiger partial charge in [-0.25, -0.2) is 4.98 Å². The summed E-state index contributed by atoms with van der Waals surface area (Å²) in [6.45, 7) is 3.18. The summed E-state index contributed by atoms with van der Waals surface area (Å²) in [5.41, 5.74) is 3.68. The number of carbonyl (C=O) groups is 1. The third-order valence-electron chi connectivity index (χ3n) is 4.82. The summed E-state index contributed by atoms with van der Waals surface area (Å²) in [5.74, 6) is 0.795. The third kappa shape index (κ3) is 3.58. The van der Waals surface area contributed by atoms with Crippen molar-refractivity contribution < 1.29 is 9.53 Å². The van der Waals surface area contributed by atoms with Gasteiger partial charge in [-0.1, -0.05) is 17.4 Å². The van der Waals surface area contributed by atoms with Gasteiger partial charge in [-0.15, -0.1) is 11.3 Å². The van der Waals surface area contributed by atoms with Crippen molar-refractivity contribution in [2.75, 3.05) is 6.61 Å². The molecule has 150 valence electrons. The predicted molar refractivity (Wildman–Crippen MR) is 123 cm³/mol. The van der Waals surface area contributed by atoms with E-state index in [0.29, 0.717) is 18.7 Å². The topological polar surface area (TPSA) is 55.6 Å². The summed E-state index contributed by atoms with van der Waals surface area (Å²) in [4.78, 5) is 19.3. The van der Waals surface area contributed by atoms with E-state index in [4.69, 9.17) is 9.72 Å². The summed E-state index contributed by atoms with van der Waals surface area (Å²) in [5, 5.41) is 4.99. The molecule has 0 aliphatic heterocycles. The average Bonchev–Trinajstić information content (AvgIpc) is 3.48. The van der Waals surface area contributed by atoms with Crippen LogP contribution < -0.4 is 10.1 Å². The summed E-state index contributed by atoms with van der Waals surface area (Å²) in [7, 11) is 0. The summed E-state index contributed by atoms with van der Waals surface area (Å²) in [6, 6.07) is 17.8. The lowest BCUT2D eigenvalue weighted by atomic mass is 10.1. The Hall–Kier alpha value is -3.16. The molecule has 5 rings (SSSR count). The number of thiophene rings is 1. The molecular weight excluding hydrogens is 414 g/mol. The third-order valence-corrected chi connectivity index (χ3v) is 6.71. The first-order chi connectivity index (χ1) is 14.7. The minimum atomic E-state index is -0.0635. The zero-order valence-electron chi connectivity index (χ0n) is 16.3. The summed E-state index contributed by atoms with van der Waals surface area (Å²) < 4.78 is 8.64. The maximum Gasteiger partial charge on any atom is 0.251 e. The van der Waals surface area contributed by atoms with Gasteiger partial charge in [0, 0.05) is 22.2 Å². The van der Waals surface area contributed by atoms with Crippen molar-refractivity contribution in [1.29, 1.82) is 0 Å². The predicted octanol–water partition coefficient (Wildman–Crippen LogP) is 5.61. The molecule has 3 heterocycles. The number of amides is 1. The molecule has 0 atom stereocenters. The van der Waals surface area contributed by atoms with Gasteiger partial charge in [0.05, 0.1) is 29.1 Å². The van der Waals surface area contributed by atoms with Crippen LogP contribution in [-0.2, 0) is 6.54 Å². The van der Waals surface area contributed by atoms with Crippen molar-refractivity contribution in [3.63, 3.8) is 0 Å². The van der Waals surface area contributed by atoms with E-state index in [2.05, 4.69) is 9.72 Å². The van der Waals surface area contributed by atoms with Crippen molar-refractivity contribution in [3.8, 4) is 17.0 Å². The molecular formula is C23H19N3O2S2. The number of hydrogen-bond acceptors (Lipinski definition) is 5. The zero-order valence-corrected chi connectivity index (χ0v) is 17.9. The van der Waals surface area contributed by atoms with Gasteiger partial charge in [-0.2, -0.15) is 0 Å². The highest BCUT2D eigenvalue weighted by molar-refractivity contribution is 7.23. The molecule has 0 fully saturated rings. The molecule has 0 unspecified atom stereocenters. The average molecular weight is 434 g/mol. The van der Waals surface area contributed by atoms with Gasteiger partial charge >= 0.3 is 0 Å². The van der Waals surface area contributed by atoms with Gasteiger partial charge in [-0.05, 0) is 60.8 Å². The lowest BCUT2D eigenvalue weighted by Crippen LogP contribution is -2.22. The Morgan fingerprint density at radius 3 is 2.80 bits per heavy atom. The van der Waals surface area contributed by atoms with Crippen molar-refractivity contribution in [1.82, 2.24) is 14.7 Å². The molecule has 0 spiro atoms. The van der Waals surface area contributed by atoms with E-state index in [-0.39, 0.29) is 5.91 Å². The van der Waals surface area contributed by atoms with Crippen LogP contribution >= 0.6 is 22.7 Å². The van der Waals surface area contributed by atoms with Gasteiger partial charge < -0.3 is 10.1 Å². The molecule has 0 saturated heterocycles. The number of hydrogen-bond donors (Lipinski definition) is 1. The van der Waals surface area contributed by atoms with Crippen LogP contribution in [0.3, 0.4) is 0 Å². The van der Waals surface area contributed by atoms with Crippen LogP contribution in [0.5, 0.6) is 5.75 Å². The van der Waals surface area contributed by atoms with Crippen LogP contribution in [0.15, 0.2) is 66.2 Å². The Kier molecular flexibility index (Phi) is 4.98. The number of aromatic nitrogens is 2. The number of thiazole rings is 1. The first kappa shape index (κ1) is 18.8. The molecule has 0 radical (unpaired) electrons. The lowest BCUT2D eigenvalue weighted by molar-refractivity contribution is 0.0951. The largest absolute Gasteiger partial charge is 0.494 e. The molecule has 7 heteroatoms. The molecule has 1 N–H and O–H groups in total. The van der Waals surface area contributed by atoms with Crippen LogP contribution in [-0.4, -0.2) is 21.9 Å². The minimum Gasteiger partial charge on any atom is -0.494 e. The van der Waals surface area contributed by atoms with Gasteiger partial charge in [0.2, 0.25) is 0 Å². The molecule has 3 aromatic heterocycles. The lowest BCUT2D eigenvalue weighted by Gasteiger charge is -2.04. The minimum absolute atomic E-state index is 0.0635. The summed E-state index contributed by atoms with van der Waals surface area (Å²) >= 11 is 3.22. The molecule has 5 aromatic rings. The van der Waals surface area contributed by atoms with Gasteiger partial charge in [0.1, 0.15) is 5.75 Å². The number of nitrogens with one attached hydrogen (secondary N) is 1. The van der Waals surface area contributed by atoms with E-state index in [0.717, 1.165) is 37.1 Å². The fourth-order valence-corrected chi connectivity index (χ4v) is 5.04. The number of benzene rings is 2. The SMILES string of the molecule is CCOc1ccc(-c2cn3c(n2)sc2cc(C(=O)NCc4cccs4)ccc23)cc1. The fourth-order valence-electron chi connectivity index (χ4n) is 3.35. The van der Waals surface area contributed by atoms with E-state index >= 15 is 0 Å².